The van der Waals surface area contributed by atoms with Gasteiger partial charge in [-0.25, -0.2) is 4.39 Å². The van der Waals surface area contributed by atoms with Crippen LogP contribution in [0.25, 0.3) is 0 Å². The summed E-state index contributed by atoms with van der Waals surface area (Å²) < 4.78 is 24.3. The Morgan fingerprint density at radius 3 is 2.71 bits per heavy atom. The molecule has 0 saturated carbocycles. The van der Waals surface area contributed by atoms with Crippen LogP contribution in [-0.2, 0) is 15.9 Å². The first kappa shape index (κ1) is 23.3. The van der Waals surface area contributed by atoms with Crippen LogP contribution in [0.5, 0.6) is 0 Å². The summed E-state index contributed by atoms with van der Waals surface area (Å²) in [6, 6.07) is 15.5. The van der Waals surface area contributed by atoms with E-state index >= 15 is 0 Å². The standard InChI is InChI=1S/C24H31FN2O4/c1-30-13-12-27(24(29)20-7-9-21(25)10-8-20)18-23-17-26(11-14-31-23)16-22(28)15-19-5-3-2-4-6-19/h2-10,22-23,28H,11-18H2,1H3/t22-,23+/m0/s1. The van der Waals surface area contributed by atoms with E-state index in [-0.39, 0.29) is 17.8 Å². The van der Waals surface area contributed by atoms with Crippen LogP contribution in [0.3, 0.4) is 0 Å². The van der Waals surface area contributed by atoms with Gasteiger partial charge in [0.25, 0.3) is 5.91 Å². The number of ether oxygens (including phenoxy) is 2. The monoisotopic (exact) mass is 430 g/mol. The van der Waals surface area contributed by atoms with Gasteiger partial charge in [-0.15, -0.1) is 0 Å². The van der Waals surface area contributed by atoms with Gasteiger partial charge < -0.3 is 19.5 Å². The van der Waals surface area contributed by atoms with Crippen molar-refractivity contribution in [1.29, 1.82) is 0 Å². The largest absolute Gasteiger partial charge is 0.391 e. The highest BCUT2D eigenvalue weighted by Crippen LogP contribution is 2.13. The molecular formula is C24H31FN2O4. The van der Waals surface area contributed by atoms with Gasteiger partial charge in [0.2, 0.25) is 0 Å². The number of carbonyl (C=O) groups excluding carboxylic acids is 1. The third-order valence-corrected chi connectivity index (χ3v) is 5.37. The number of morpholine rings is 1. The second-order valence-corrected chi connectivity index (χ2v) is 7.85. The van der Waals surface area contributed by atoms with Crippen LogP contribution in [0, 0.1) is 5.82 Å². The Morgan fingerprint density at radius 2 is 2.00 bits per heavy atom. The van der Waals surface area contributed by atoms with Gasteiger partial charge in [-0.3, -0.25) is 9.69 Å². The SMILES string of the molecule is COCCN(C[C@H]1CN(C[C@@H](O)Cc2ccccc2)CCO1)C(=O)c1ccc(F)cc1. The normalized spacial score (nSPS) is 18.0. The molecule has 0 radical (unpaired) electrons. The second kappa shape index (κ2) is 11.9. The fourth-order valence-electron chi connectivity index (χ4n) is 3.80. The van der Waals surface area contributed by atoms with Crippen molar-refractivity contribution in [3.05, 3.63) is 71.5 Å². The maximum Gasteiger partial charge on any atom is 0.254 e. The molecule has 1 saturated heterocycles. The lowest BCUT2D eigenvalue weighted by molar-refractivity contribution is -0.0515. The van der Waals surface area contributed by atoms with Crippen molar-refractivity contribution < 1.29 is 23.8 Å². The van der Waals surface area contributed by atoms with E-state index in [9.17, 15) is 14.3 Å². The molecule has 1 fully saturated rings. The number of benzene rings is 2. The maximum absolute atomic E-state index is 13.2. The summed E-state index contributed by atoms with van der Waals surface area (Å²) in [6.45, 7) is 3.70. The summed E-state index contributed by atoms with van der Waals surface area (Å²) in [5.74, 6) is -0.554. The maximum atomic E-state index is 13.2. The number of amides is 1. The third kappa shape index (κ3) is 7.40. The molecule has 6 nitrogen and oxygen atoms in total. The minimum absolute atomic E-state index is 0.168. The van der Waals surface area contributed by atoms with Crippen molar-refractivity contribution in [2.45, 2.75) is 18.6 Å². The number of hydrogen-bond donors (Lipinski definition) is 1. The summed E-state index contributed by atoms with van der Waals surface area (Å²) >= 11 is 0. The van der Waals surface area contributed by atoms with Gasteiger partial charge in [0.15, 0.2) is 0 Å². The fourth-order valence-corrected chi connectivity index (χ4v) is 3.80. The highest BCUT2D eigenvalue weighted by molar-refractivity contribution is 5.94. The number of methoxy groups -OCH3 is 1. The number of halogens is 1. The van der Waals surface area contributed by atoms with Gasteiger partial charge in [0.1, 0.15) is 5.82 Å². The molecule has 7 heteroatoms. The van der Waals surface area contributed by atoms with E-state index in [4.69, 9.17) is 9.47 Å². The van der Waals surface area contributed by atoms with E-state index in [1.165, 1.54) is 24.3 Å². The molecular weight excluding hydrogens is 399 g/mol. The summed E-state index contributed by atoms with van der Waals surface area (Å²) in [5.41, 5.74) is 1.54. The lowest BCUT2D eigenvalue weighted by Gasteiger charge is -2.36. The predicted octanol–water partition coefficient (Wildman–Crippen LogP) is 2.22. The number of aliphatic hydroxyl groups is 1. The average molecular weight is 431 g/mol. The molecule has 1 amide bonds. The molecule has 2 aromatic rings. The van der Waals surface area contributed by atoms with Crippen LogP contribution in [0.15, 0.2) is 54.6 Å². The van der Waals surface area contributed by atoms with Crippen LogP contribution in [-0.4, -0.2) is 86.1 Å². The molecule has 168 valence electrons. The van der Waals surface area contributed by atoms with Crippen LogP contribution in [0.2, 0.25) is 0 Å². The van der Waals surface area contributed by atoms with Crippen molar-refractivity contribution in [2.75, 3.05) is 53.0 Å². The first-order valence-electron chi connectivity index (χ1n) is 10.6. The molecule has 1 aliphatic rings. The highest BCUT2D eigenvalue weighted by atomic mass is 19.1. The second-order valence-electron chi connectivity index (χ2n) is 7.85. The summed E-state index contributed by atoms with van der Waals surface area (Å²) in [7, 11) is 1.59. The summed E-state index contributed by atoms with van der Waals surface area (Å²) in [6.07, 6.45) is -0.0307. The number of rotatable bonds is 10. The Morgan fingerprint density at radius 1 is 1.26 bits per heavy atom. The Hall–Kier alpha value is -2.32. The van der Waals surface area contributed by atoms with Gasteiger partial charge in [-0.2, -0.15) is 0 Å². The lowest BCUT2D eigenvalue weighted by Crippen LogP contribution is -2.51. The van der Waals surface area contributed by atoms with E-state index in [2.05, 4.69) is 4.90 Å². The van der Waals surface area contributed by atoms with E-state index in [0.717, 1.165) is 12.1 Å². The highest BCUT2D eigenvalue weighted by Gasteiger charge is 2.26. The average Bonchev–Trinajstić information content (AvgIpc) is 2.77. The first-order valence-corrected chi connectivity index (χ1v) is 10.6. The van der Waals surface area contributed by atoms with E-state index in [0.29, 0.717) is 51.4 Å². The molecule has 1 heterocycles. The zero-order chi connectivity index (χ0) is 22.1. The number of carbonyl (C=O) groups is 1. The van der Waals surface area contributed by atoms with Crippen LogP contribution >= 0.6 is 0 Å². The van der Waals surface area contributed by atoms with Crippen molar-refractivity contribution in [3.8, 4) is 0 Å². The Labute approximate surface area is 183 Å². The molecule has 0 aromatic heterocycles. The zero-order valence-corrected chi connectivity index (χ0v) is 18.0. The van der Waals surface area contributed by atoms with E-state index in [1.54, 1.807) is 12.0 Å². The first-order chi connectivity index (χ1) is 15.0. The number of aliphatic hydroxyl groups excluding tert-OH is 1. The zero-order valence-electron chi connectivity index (χ0n) is 18.0. The van der Waals surface area contributed by atoms with Gasteiger partial charge in [-0.05, 0) is 36.2 Å². The van der Waals surface area contributed by atoms with Gasteiger partial charge in [0, 0.05) is 45.4 Å². The third-order valence-electron chi connectivity index (χ3n) is 5.37. The molecule has 31 heavy (non-hydrogen) atoms. The number of β-amino-alcohol motifs (C(OH)–C–C–N with tert-alkyl or cyclic N) is 1. The minimum Gasteiger partial charge on any atom is -0.391 e. The van der Waals surface area contributed by atoms with Crippen LogP contribution in [0.4, 0.5) is 4.39 Å². The van der Waals surface area contributed by atoms with E-state index < -0.39 is 6.10 Å². The molecule has 2 aromatic carbocycles. The molecule has 1 aliphatic heterocycles. The Bertz CT molecular complexity index is 803. The molecule has 1 N–H and O–H groups in total. The van der Waals surface area contributed by atoms with Crippen molar-refractivity contribution in [1.82, 2.24) is 9.80 Å². The van der Waals surface area contributed by atoms with Crippen molar-refractivity contribution in [3.63, 3.8) is 0 Å². The van der Waals surface area contributed by atoms with Crippen LogP contribution < -0.4 is 0 Å². The number of hydrogen-bond acceptors (Lipinski definition) is 5. The quantitative estimate of drug-likeness (QED) is 0.626. The van der Waals surface area contributed by atoms with Crippen molar-refractivity contribution in [2.24, 2.45) is 0 Å². The van der Waals surface area contributed by atoms with Gasteiger partial charge >= 0.3 is 0 Å². The molecule has 0 bridgehead atoms. The summed E-state index contributed by atoms with van der Waals surface area (Å²) in [4.78, 5) is 16.8. The number of nitrogens with zero attached hydrogens (tertiary/aromatic N) is 2. The molecule has 0 unspecified atom stereocenters. The van der Waals surface area contributed by atoms with E-state index in [1.807, 2.05) is 30.3 Å². The van der Waals surface area contributed by atoms with Crippen molar-refractivity contribution >= 4 is 5.91 Å². The molecule has 2 atom stereocenters. The van der Waals surface area contributed by atoms with Gasteiger partial charge in [0.05, 0.1) is 25.4 Å². The van der Waals surface area contributed by atoms with Crippen LogP contribution in [0.1, 0.15) is 15.9 Å². The molecule has 3 rings (SSSR count). The lowest BCUT2D eigenvalue weighted by atomic mass is 10.1. The molecule has 0 aliphatic carbocycles. The minimum atomic E-state index is -0.466. The Balaban J connectivity index is 1.56. The topological polar surface area (TPSA) is 62.2 Å². The smallest absolute Gasteiger partial charge is 0.254 e. The molecule has 0 spiro atoms. The predicted molar refractivity (Wildman–Crippen MR) is 117 cm³/mol. The Kier molecular flexibility index (Phi) is 8.97. The fraction of sp³-hybridized carbons (Fsp3) is 0.458. The summed E-state index contributed by atoms with van der Waals surface area (Å²) in [5, 5.41) is 10.5. The van der Waals surface area contributed by atoms with Gasteiger partial charge in [-0.1, -0.05) is 30.3 Å².